The van der Waals surface area contributed by atoms with E-state index in [0.717, 1.165) is 5.56 Å². The third kappa shape index (κ3) is 2.51. The Balaban J connectivity index is 2.31. The molecule has 0 aliphatic heterocycles. The number of hydrazine groups is 1. The number of rotatable bonds is 3. The molecule has 0 unspecified atom stereocenters. The monoisotopic (exact) mass is 232 g/mol. The summed E-state index contributed by atoms with van der Waals surface area (Å²) in [5, 5.41) is 2.93. The molecule has 0 spiro atoms. The highest BCUT2D eigenvalue weighted by molar-refractivity contribution is 5.62. The normalized spacial score (nSPS) is 10.1. The molecule has 0 fully saturated rings. The van der Waals surface area contributed by atoms with Crippen LogP contribution >= 0.6 is 0 Å². The van der Waals surface area contributed by atoms with Crippen LogP contribution in [0.2, 0.25) is 0 Å². The maximum atomic E-state index is 13.6. The van der Waals surface area contributed by atoms with E-state index < -0.39 is 0 Å². The van der Waals surface area contributed by atoms with Gasteiger partial charge in [-0.1, -0.05) is 18.2 Å². The van der Waals surface area contributed by atoms with Gasteiger partial charge in [0, 0.05) is 0 Å². The molecule has 4 nitrogen and oxygen atoms in total. The van der Waals surface area contributed by atoms with E-state index in [0.29, 0.717) is 17.3 Å². The highest BCUT2D eigenvalue weighted by Gasteiger charge is 2.06. The molecule has 0 bridgehead atoms. The summed E-state index contributed by atoms with van der Waals surface area (Å²) in [6.07, 6.45) is 0. The lowest BCUT2D eigenvalue weighted by molar-refractivity contribution is 0.631. The Morgan fingerprint density at radius 2 is 1.82 bits per heavy atom. The van der Waals surface area contributed by atoms with Gasteiger partial charge < -0.3 is 10.7 Å². The van der Waals surface area contributed by atoms with E-state index in [-0.39, 0.29) is 5.82 Å². The summed E-state index contributed by atoms with van der Waals surface area (Å²) in [5.41, 5.74) is 3.68. The van der Waals surface area contributed by atoms with Gasteiger partial charge in [0.1, 0.15) is 17.5 Å². The maximum absolute atomic E-state index is 13.6. The summed E-state index contributed by atoms with van der Waals surface area (Å²) in [6, 6.07) is 10.1. The molecule has 1 heterocycles. The van der Waals surface area contributed by atoms with Gasteiger partial charge in [0.25, 0.3) is 0 Å². The first-order valence-electron chi connectivity index (χ1n) is 5.16. The van der Waals surface area contributed by atoms with Gasteiger partial charge in [-0.15, -0.1) is 0 Å². The van der Waals surface area contributed by atoms with E-state index in [9.17, 15) is 4.39 Å². The summed E-state index contributed by atoms with van der Waals surface area (Å²) in [5.74, 6) is 6.00. The number of hydrogen-bond donors (Lipinski definition) is 3. The molecule has 0 aliphatic carbocycles. The Hall–Kier alpha value is -2.14. The van der Waals surface area contributed by atoms with E-state index in [1.54, 1.807) is 24.3 Å². The zero-order chi connectivity index (χ0) is 12.3. The van der Waals surface area contributed by atoms with Crippen LogP contribution in [0, 0.1) is 12.7 Å². The van der Waals surface area contributed by atoms with Crippen LogP contribution in [0.25, 0.3) is 0 Å². The molecule has 2 aromatic rings. The van der Waals surface area contributed by atoms with Crippen molar-refractivity contribution in [1.29, 1.82) is 0 Å². The number of benzene rings is 1. The van der Waals surface area contributed by atoms with Crippen LogP contribution in [-0.4, -0.2) is 4.98 Å². The first-order valence-corrected chi connectivity index (χ1v) is 5.16. The number of para-hydroxylation sites is 1. The second-order valence-corrected chi connectivity index (χ2v) is 3.61. The molecule has 0 aliphatic rings. The van der Waals surface area contributed by atoms with E-state index in [4.69, 9.17) is 5.84 Å². The Kier molecular flexibility index (Phi) is 3.20. The fourth-order valence-corrected chi connectivity index (χ4v) is 1.50. The van der Waals surface area contributed by atoms with Gasteiger partial charge in [-0.25, -0.2) is 15.2 Å². The quantitative estimate of drug-likeness (QED) is 0.562. The summed E-state index contributed by atoms with van der Waals surface area (Å²) < 4.78 is 13.6. The number of aryl methyl sites for hydroxylation is 1. The molecular weight excluding hydrogens is 219 g/mol. The van der Waals surface area contributed by atoms with Crippen LogP contribution in [0.1, 0.15) is 5.56 Å². The zero-order valence-corrected chi connectivity index (χ0v) is 9.37. The van der Waals surface area contributed by atoms with Crippen LogP contribution < -0.4 is 16.6 Å². The largest absolute Gasteiger partial charge is 0.338 e. The molecule has 1 aromatic carbocycles. The van der Waals surface area contributed by atoms with Crippen molar-refractivity contribution in [3.63, 3.8) is 0 Å². The molecule has 0 atom stereocenters. The van der Waals surface area contributed by atoms with E-state index in [2.05, 4.69) is 15.7 Å². The average molecular weight is 232 g/mol. The van der Waals surface area contributed by atoms with Crippen molar-refractivity contribution >= 4 is 17.3 Å². The number of anilines is 3. The van der Waals surface area contributed by atoms with Crippen LogP contribution in [-0.2, 0) is 0 Å². The van der Waals surface area contributed by atoms with Crippen LogP contribution in [0.3, 0.4) is 0 Å². The third-order valence-corrected chi connectivity index (χ3v) is 2.37. The number of aromatic nitrogens is 1. The van der Waals surface area contributed by atoms with Crippen molar-refractivity contribution in [3.05, 3.63) is 47.8 Å². The Morgan fingerprint density at radius 1 is 1.12 bits per heavy atom. The molecule has 17 heavy (non-hydrogen) atoms. The summed E-state index contributed by atoms with van der Waals surface area (Å²) >= 11 is 0. The second-order valence-electron chi connectivity index (χ2n) is 3.61. The summed E-state index contributed by atoms with van der Waals surface area (Å²) in [4.78, 5) is 4.15. The molecule has 1 aromatic heterocycles. The highest BCUT2D eigenvalue weighted by atomic mass is 19.1. The fourth-order valence-electron chi connectivity index (χ4n) is 1.50. The van der Waals surface area contributed by atoms with E-state index >= 15 is 0 Å². The molecule has 4 N–H and O–H groups in total. The van der Waals surface area contributed by atoms with Crippen LogP contribution in [0.15, 0.2) is 36.4 Å². The number of pyridine rings is 1. The molecule has 0 radical (unpaired) electrons. The van der Waals surface area contributed by atoms with Crippen molar-refractivity contribution in [1.82, 2.24) is 4.98 Å². The standard InChI is InChI=1S/C12H13FN4/c1-8-4-2-5-9(13)12(8)16-10-6-3-7-11(15-10)17-14/h2-7H,14H2,1H3,(H2,15,16,17). The number of halogens is 1. The van der Waals surface area contributed by atoms with Gasteiger partial charge in [-0.3, -0.25) is 0 Å². The van der Waals surface area contributed by atoms with Crippen LogP contribution in [0.4, 0.5) is 21.7 Å². The lowest BCUT2D eigenvalue weighted by Crippen LogP contribution is -2.09. The molecule has 5 heteroatoms. The summed E-state index contributed by atoms with van der Waals surface area (Å²) in [6.45, 7) is 1.83. The Bertz CT molecular complexity index is 507. The maximum Gasteiger partial charge on any atom is 0.146 e. The fraction of sp³-hybridized carbons (Fsp3) is 0.0833. The topological polar surface area (TPSA) is 63.0 Å². The highest BCUT2D eigenvalue weighted by Crippen LogP contribution is 2.23. The van der Waals surface area contributed by atoms with E-state index in [1.807, 2.05) is 13.0 Å². The Morgan fingerprint density at radius 3 is 2.53 bits per heavy atom. The van der Waals surface area contributed by atoms with E-state index in [1.165, 1.54) is 6.07 Å². The van der Waals surface area contributed by atoms with Gasteiger partial charge in [-0.05, 0) is 30.7 Å². The summed E-state index contributed by atoms with van der Waals surface area (Å²) in [7, 11) is 0. The molecule has 0 saturated carbocycles. The third-order valence-electron chi connectivity index (χ3n) is 2.37. The predicted molar refractivity (Wildman–Crippen MR) is 66.5 cm³/mol. The number of hydrogen-bond acceptors (Lipinski definition) is 4. The molecule has 88 valence electrons. The number of nitrogens with zero attached hydrogens (tertiary/aromatic N) is 1. The second kappa shape index (κ2) is 4.80. The van der Waals surface area contributed by atoms with Gasteiger partial charge in [0.15, 0.2) is 0 Å². The van der Waals surface area contributed by atoms with Crippen molar-refractivity contribution in [3.8, 4) is 0 Å². The van der Waals surface area contributed by atoms with Crippen molar-refractivity contribution in [2.45, 2.75) is 6.92 Å². The molecular formula is C12H13FN4. The zero-order valence-electron chi connectivity index (χ0n) is 9.37. The first kappa shape index (κ1) is 11.3. The minimum absolute atomic E-state index is 0.307. The smallest absolute Gasteiger partial charge is 0.146 e. The van der Waals surface area contributed by atoms with Gasteiger partial charge in [0.05, 0.1) is 5.69 Å². The lowest BCUT2D eigenvalue weighted by Gasteiger charge is -2.10. The average Bonchev–Trinajstić information content (AvgIpc) is 2.34. The lowest BCUT2D eigenvalue weighted by atomic mass is 10.2. The molecule has 2 rings (SSSR count). The molecule has 0 amide bonds. The minimum atomic E-state index is -0.307. The predicted octanol–water partition coefficient (Wildman–Crippen LogP) is 2.56. The number of nitrogen functional groups attached to an aromatic ring is 1. The van der Waals surface area contributed by atoms with Gasteiger partial charge in [0.2, 0.25) is 0 Å². The Labute approximate surface area is 98.6 Å². The SMILES string of the molecule is Cc1cccc(F)c1Nc1cccc(NN)n1. The van der Waals surface area contributed by atoms with Crippen LogP contribution in [0.5, 0.6) is 0 Å². The minimum Gasteiger partial charge on any atom is -0.338 e. The van der Waals surface area contributed by atoms with Gasteiger partial charge >= 0.3 is 0 Å². The number of nitrogens with one attached hydrogen (secondary N) is 2. The first-order chi connectivity index (χ1) is 8.20. The van der Waals surface area contributed by atoms with Crippen molar-refractivity contribution < 1.29 is 4.39 Å². The van der Waals surface area contributed by atoms with Crippen molar-refractivity contribution in [2.75, 3.05) is 10.7 Å². The molecule has 0 saturated heterocycles. The van der Waals surface area contributed by atoms with Gasteiger partial charge in [-0.2, -0.15) is 0 Å². The van der Waals surface area contributed by atoms with Crippen molar-refractivity contribution in [2.24, 2.45) is 5.84 Å². The number of nitrogens with two attached hydrogens (primary N) is 1.